The molecular weight excluding hydrogens is 406 g/mol. The molecular formula is C24H25N5O3. The summed E-state index contributed by atoms with van der Waals surface area (Å²) in [6, 6.07) is 10.4. The Morgan fingerprint density at radius 3 is 2.69 bits per heavy atom. The average Bonchev–Trinajstić information content (AvgIpc) is 3.28. The van der Waals surface area contributed by atoms with Crippen LogP contribution in [-0.2, 0) is 6.54 Å². The van der Waals surface area contributed by atoms with Gasteiger partial charge in [-0.15, -0.1) is 0 Å². The number of carbonyl (C=O) groups is 1. The Bertz CT molecular complexity index is 1420. The van der Waals surface area contributed by atoms with Gasteiger partial charge in [0.2, 0.25) is 0 Å². The molecule has 0 aromatic carbocycles. The lowest BCUT2D eigenvalue weighted by atomic mass is 9.91. The first-order valence-corrected chi connectivity index (χ1v) is 10.8. The minimum atomic E-state index is -0.270. The highest BCUT2D eigenvalue weighted by molar-refractivity contribution is 5.97. The molecule has 32 heavy (non-hydrogen) atoms. The first-order valence-electron chi connectivity index (χ1n) is 10.8. The quantitative estimate of drug-likeness (QED) is 0.505. The Kier molecular flexibility index (Phi) is 4.92. The molecule has 1 N–H and O–H groups in total. The van der Waals surface area contributed by atoms with Crippen molar-refractivity contribution >= 4 is 22.6 Å². The van der Waals surface area contributed by atoms with Crippen molar-refractivity contribution in [3.63, 3.8) is 0 Å². The summed E-state index contributed by atoms with van der Waals surface area (Å²) in [7, 11) is 0. The second kappa shape index (κ2) is 7.78. The zero-order valence-electron chi connectivity index (χ0n) is 18.1. The van der Waals surface area contributed by atoms with E-state index in [9.17, 15) is 9.59 Å². The fraction of sp³-hybridized carbons (Fsp3) is 0.333. The van der Waals surface area contributed by atoms with Crippen molar-refractivity contribution in [1.82, 2.24) is 18.9 Å². The van der Waals surface area contributed by atoms with Crippen LogP contribution in [0.2, 0.25) is 0 Å². The molecule has 2 unspecified atom stereocenters. The maximum Gasteiger partial charge on any atom is 0.267 e. The molecule has 2 atom stereocenters. The summed E-state index contributed by atoms with van der Waals surface area (Å²) in [6.07, 6.45) is 4.29. The van der Waals surface area contributed by atoms with Crippen LogP contribution in [0.5, 0.6) is 0 Å². The number of hydrogen-bond acceptors (Lipinski definition) is 5. The van der Waals surface area contributed by atoms with Gasteiger partial charge in [0.1, 0.15) is 22.5 Å². The molecule has 4 aromatic heterocycles. The first-order chi connectivity index (χ1) is 15.4. The van der Waals surface area contributed by atoms with Gasteiger partial charge in [-0.3, -0.25) is 19.4 Å². The van der Waals surface area contributed by atoms with E-state index in [2.05, 4.69) is 18.8 Å². The summed E-state index contributed by atoms with van der Waals surface area (Å²) in [6.45, 7) is 5.77. The Hall–Kier alpha value is -3.68. The number of hydrogen-bond donors (Lipinski definition) is 1. The maximum absolute atomic E-state index is 13.5. The van der Waals surface area contributed by atoms with Crippen molar-refractivity contribution in [3.8, 4) is 0 Å². The van der Waals surface area contributed by atoms with Crippen LogP contribution in [0.3, 0.4) is 0 Å². The largest absolute Gasteiger partial charge is 0.467 e. The fourth-order valence-corrected chi connectivity index (χ4v) is 4.76. The molecule has 1 aliphatic rings. The van der Waals surface area contributed by atoms with Gasteiger partial charge < -0.3 is 13.9 Å². The lowest BCUT2D eigenvalue weighted by molar-refractivity contribution is 0.0620. The topological polar surface area (TPSA) is 96.6 Å². The van der Waals surface area contributed by atoms with Gasteiger partial charge in [-0.1, -0.05) is 19.9 Å². The number of furan rings is 1. The highest BCUT2D eigenvalue weighted by atomic mass is 16.3. The molecule has 164 valence electrons. The monoisotopic (exact) mass is 431 g/mol. The second-order valence-corrected chi connectivity index (χ2v) is 8.81. The number of carbonyl (C=O) groups excluding carboxylic acids is 1. The van der Waals surface area contributed by atoms with Crippen LogP contribution >= 0.6 is 0 Å². The van der Waals surface area contributed by atoms with Gasteiger partial charge in [0.05, 0.1) is 23.8 Å². The van der Waals surface area contributed by atoms with E-state index >= 15 is 0 Å². The molecule has 0 radical (unpaired) electrons. The lowest BCUT2D eigenvalue weighted by Gasteiger charge is -2.35. The van der Waals surface area contributed by atoms with Gasteiger partial charge in [0.25, 0.3) is 11.5 Å². The van der Waals surface area contributed by atoms with Crippen molar-refractivity contribution < 1.29 is 9.21 Å². The molecule has 1 aliphatic heterocycles. The van der Waals surface area contributed by atoms with E-state index in [1.165, 1.54) is 10.5 Å². The molecule has 0 saturated carbocycles. The third-order valence-electron chi connectivity index (χ3n) is 6.10. The normalized spacial score (nSPS) is 19.0. The number of likely N-dealkylation sites (tertiary alicyclic amines) is 1. The Labute approximate surface area is 184 Å². The van der Waals surface area contributed by atoms with Crippen LogP contribution in [0.15, 0.2) is 58.1 Å². The first kappa shape index (κ1) is 20.2. The highest BCUT2D eigenvalue weighted by Gasteiger charge is 2.28. The van der Waals surface area contributed by atoms with Crippen molar-refractivity contribution in [2.75, 3.05) is 13.1 Å². The van der Waals surface area contributed by atoms with Crippen molar-refractivity contribution in [3.05, 3.63) is 76.0 Å². The van der Waals surface area contributed by atoms with E-state index in [1.54, 1.807) is 46.2 Å². The molecule has 0 aliphatic carbocycles. The number of pyridine rings is 2. The average molecular weight is 431 g/mol. The molecule has 4 aromatic rings. The van der Waals surface area contributed by atoms with E-state index < -0.39 is 0 Å². The number of rotatable bonds is 3. The second-order valence-electron chi connectivity index (χ2n) is 8.81. The number of piperidine rings is 1. The Morgan fingerprint density at radius 1 is 1.19 bits per heavy atom. The van der Waals surface area contributed by atoms with E-state index in [4.69, 9.17) is 9.83 Å². The number of nitrogens with zero attached hydrogens (tertiary/aromatic N) is 4. The fourth-order valence-electron chi connectivity index (χ4n) is 4.76. The van der Waals surface area contributed by atoms with Gasteiger partial charge in [-0.2, -0.15) is 0 Å². The summed E-state index contributed by atoms with van der Waals surface area (Å²) >= 11 is 0. The molecule has 5 heterocycles. The number of aromatic nitrogens is 3. The zero-order valence-corrected chi connectivity index (χ0v) is 18.1. The maximum atomic E-state index is 13.5. The third-order valence-corrected chi connectivity index (χ3v) is 6.10. The van der Waals surface area contributed by atoms with Gasteiger partial charge in [0, 0.05) is 19.3 Å². The van der Waals surface area contributed by atoms with Gasteiger partial charge in [-0.25, -0.2) is 4.98 Å². The van der Waals surface area contributed by atoms with Gasteiger partial charge in [-0.05, 0) is 48.6 Å². The van der Waals surface area contributed by atoms with Crippen LogP contribution in [0.25, 0.3) is 16.7 Å². The van der Waals surface area contributed by atoms with E-state index in [0.29, 0.717) is 47.4 Å². The summed E-state index contributed by atoms with van der Waals surface area (Å²) < 4.78 is 8.54. The SMILES string of the molecule is CC1CC(C)CN(C(=O)c2cc3c(=O)n4ccccc4nc3n(Cc3ccco3)c2=N)C1. The molecule has 8 heteroatoms. The zero-order chi connectivity index (χ0) is 22.4. The molecule has 8 nitrogen and oxygen atoms in total. The summed E-state index contributed by atoms with van der Waals surface area (Å²) in [5.74, 6) is 1.18. The molecule has 1 amide bonds. The predicted molar refractivity (Wildman–Crippen MR) is 119 cm³/mol. The van der Waals surface area contributed by atoms with E-state index in [-0.39, 0.29) is 29.1 Å². The van der Waals surface area contributed by atoms with Crippen molar-refractivity contribution in [1.29, 1.82) is 5.41 Å². The molecule has 5 rings (SSSR count). The van der Waals surface area contributed by atoms with Gasteiger partial charge >= 0.3 is 0 Å². The number of nitrogens with one attached hydrogen (secondary N) is 1. The molecule has 1 fully saturated rings. The van der Waals surface area contributed by atoms with Crippen LogP contribution in [0, 0.1) is 17.2 Å². The summed E-state index contributed by atoms with van der Waals surface area (Å²) in [5.41, 5.74) is 0.806. The van der Waals surface area contributed by atoms with Gasteiger partial charge in [0.15, 0.2) is 0 Å². The Morgan fingerprint density at radius 2 is 1.97 bits per heavy atom. The minimum absolute atomic E-state index is 0.0250. The van der Waals surface area contributed by atoms with Crippen LogP contribution < -0.4 is 11.0 Å². The summed E-state index contributed by atoms with van der Waals surface area (Å²) in [4.78, 5) is 33.3. The predicted octanol–water partition coefficient (Wildman–Crippen LogP) is 2.89. The molecule has 1 saturated heterocycles. The third kappa shape index (κ3) is 3.41. The van der Waals surface area contributed by atoms with E-state index in [1.807, 2.05) is 6.07 Å². The number of amides is 1. The smallest absolute Gasteiger partial charge is 0.267 e. The highest BCUT2D eigenvalue weighted by Crippen LogP contribution is 2.22. The minimum Gasteiger partial charge on any atom is -0.467 e. The molecule has 0 spiro atoms. The number of fused-ring (bicyclic) bond motifs is 2. The van der Waals surface area contributed by atoms with Crippen LogP contribution in [-0.4, -0.2) is 37.8 Å². The van der Waals surface area contributed by atoms with E-state index in [0.717, 1.165) is 6.42 Å². The van der Waals surface area contributed by atoms with Crippen molar-refractivity contribution in [2.45, 2.75) is 26.8 Å². The van der Waals surface area contributed by atoms with Crippen molar-refractivity contribution in [2.24, 2.45) is 11.8 Å². The van der Waals surface area contributed by atoms with Crippen LogP contribution in [0.1, 0.15) is 36.4 Å². The summed E-state index contributed by atoms with van der Waals surface area (Å²) in [5, 5.41) is 9.19. The standard InChI is InChI=1S/C24H25N5O3/c1-15-10-16(2)13-27(12-15)23(30)18-11-19-22(26-20-7-3-4-8-28(20)24(19)31)29(21(18)25)14-17-6-5-9-32-17/h3-9,11,15-16,25H,10,12-14H2,1-2H3. The molecule has 0 bridgehead atoms. The Balaban J connectivity index is 1.75. The van der Waals surface area contributed by atoms with Crippen LogP contribution in [0.4, 0.5) is 0 Å². The lowest BCUT2D eigenvalue weighted by Crippen LogP contribution is -2.45.